The Morgan fingerprint density at radius 1 is 0.667 bits per heavy atom. The first kappa shape index (κ1) is 24.7. The van der Waals surface area contributed by atoms with Gasteiger partial charge in [-0.05, 0) is 54.4 Å². The summed E-state index contributed by atoms with van der Waals surface area (Å²) in [7, 11) is 2.18. The molecular formula is C36H32N6. The van der Waals surface area contributed by atoms with Crippen molar-refractivity contribution in [2.45, 2.75) is 25.2 Å². The maximum atomic E-state index is 4.83. The van der Waals surface area contributed by atoms with Gasteiger partial charge >= 0.3 is 0 Å². The molecule has 8 rings (SSSR count). The number of fused-ring (bicyclic) bond motifs is 6. The van der Waals surface area contributed by atoms with Crippen LogP contribution in [-0.4, -0.2) is 29.3 Å². The second-order valence-corrected chi connectivity index (χ2v) is 11.3. The van der Waals surface area contributed by atoms with Crippen molar-refractivity contribution in [2.75, 3.05) is 26.6 Å². The minimum Gasteiger partial charge on any atom is -0.349 e. The summed E-state index contributed by atoms with van der Waals surface area (Å²) in [6.45, 7) is 6.66. The SMILES string of the molecule is C=CC1c2ccccc2N2c3ncncc3N(C)C2C1C1N(c2ccccc2)c2ccccc2N1c1ccccc1C. The van der Waals surface area contributed by atoms with Crippen LogP contribution >= 0.6 is 0 Å². The van der Waals surface area contributed by atoms with Crippen molar-refractivity contribution < 1.29 is 0 Å². The minimum absolute atomic E-state index is 0.0216. The smallest absolute Gasteiger partial charge is 0.161 e. The summed E-state index contributed by atoms with van der Waals surface area (Å²) in [5.74, 6) is 1.08. The number of para-hydroxylation sites is 5. The number of nitrogens with zero attached hydrogens (tertiary/aromatic N) is 6. The van der Waals surface area contributed by atoms with Gasteiger partial charge in [0, 0.05) is 35.9 Å². The average molecular weight is 549 g/mol. The van der Waals surface area contributed by atoms with Crippen LogP contribution in [0.4, 0.5) is 39.9 Å². The zero-order chi connectivity index (χ0) is 28.4. The van der Waals surface area contributed by atoms with Crippen LogP contribution in [0.15, 0.2) is 128 Å². The molecule has 3 aliphatic rings. The van der Waals surface area contributed by atoms with Crippen LogP contribution in [0.25, 0.3) is 0 Å². The van der Waals surface area contributed by atoms with Gasteiger partial charge in [-0.25, -0.2) is 9.97 Å². The number of aryl methyl sites for hydroxylation is 1. The quantitative estimate of drug-likeness (QED) is 0.213. The van der Waals surface area contributed by atoms with Crippen LogP contribution in [0, 0.1) is 12.8 Å². The molecule has 42 heavy (non-hydrogen) atoms. The van der Waals surface area contributed by atoms with Gasteiger partial charge in [-0.3, -0.25) is 0 Å². The summed E-state index contributed by atoms with van der Waals surface area (Å²) in [4.78, 5) is 19.2. The van der Waals surface area contributed by atoms with Crippen LogP contribution < -0.4 is 19.6 Å². The van der Waals surface area contributed by atoms with Crippen LogP contribution in [0.5, 0.6) is 0 Å². The van der Waals surface area contributed by atoms with Gasteiger partial charge in [-0.1, -0.05) is 72.8 Å². The standard InChI is InChI=1S/C36H32N6/c1-4-26-27-17-9-11-19-29(27)42-34-32(22-37-23-38-34)39(3)35(42)33(26)36-40(25-15-6-5-7-16-25)30-20-12-13-21-31(30)41(36)28-18-10-8-14-24(28)2/h4-23,26,33,35-36H,1H2,2-3H3. The third kappa shape index (κ3) is 3.38. The average Bonchev–Trinajstić information content (AvgIpc) is 3.53. The Bertz CT molecular complexity index is 1800. The molecule has 1 aromatic heterocycles. The van der Waals surface area contributed by atoms with E-state index in [0.717, 1.165) is 17.2 Å². The van der Waals surface area contributed by atoms with Crippen molar-refractivity contribution in [3.8, 4) is 0 Å². The molecule has 4 unspecified atom stereocenters. The molecule has 0 bridgehead atoms. The zero-order valence-electron chi connectivity index (χ0n) is 23.7. The van der Waals surface area contributed by atoms with Gasteiger partial charge in [0.05, 0.1) is 17.6 Å². The molecule has 6 heteroatoms. The number of allylic oxidation sites excluding steroid dienone is 1. The van der Waals surface area contributed by atoms with E-state index in [1.54, 1.807) is 6.33 Å². The van der Waals surface area contributed by atoms with Crippen LogP contribution in [0.1, 0.15) is 17.0 Å². The van der Waals surface area contributed by atoms with E-state index in [9.17, 15) is 0 Å². The monoisotopic (exact) mass is 548 g/mol. The predicted octanol–water partition coefficient (Wildman–Crippen LogP) is 7.91. The molecule has 0 radical (unpaired) electrons. The molecule has 0 N–H and O–H groups in total. The molecule has 3 aliphatic heterocycles. The van der Waals surface area contributed by atoms with Gasteiger partial charge in [0.25, 0.3) is 0 Å². The van der Waals surface area contributed by atoms with E-state index in [1.807, 2.05) is 6.20 Å². The molecule has 4 heterocycles. The maximum Gasteiger partial charge on any atom is 0.161 e. The first-order valence-corrected chi connectivity index (χ1v) is 14.5. The highest BCUT2D eigenvalue weighted by atomic mass is 15.5. The summed E-state index contributed by atoms with van der Waals surface area (Å²) in [5, 5.41) is 0. The maximum absolute atomic E-state index is 4.83. The Balaban J connectivity index is 1.43. The summed E-state index contributed by atoms with van der Waals surface area (Å²) in [6, 6.07) is 37.1. The molecule has 206 valence electrons. The summed E-state index contributed by atoms with van der Waals surface area (Å²) >= 11 is 0. The van der Waals surface area contributed by atoms with Crippen molar-refractivity contribution in [3.05, 3.63) is 139 Å². The van der Waals surface area contributed by atoms with E-state index in [4.69, 9.17) is 4.98 Å². The highest BCUT2D eigenvalue weighted by molar-refractivity contribution is 5.90. The van der Waals surface area contributed by atoms with Gasteiger partial charge in [-0.2, -0.15) is 0 Å². The minimum atomic E-state index is -0.0699. The molecule has 6 nitrogen and oxygen atoms in total. The van der Waals surface area contributed by atoms with Crippen LogP contribution in [0.3, 0.4) is 0 Å². The van der Waals surface area contributed by atoms with Gasteiger partial charge in [0.2, 0.25) is 0 Å². The lowest BCUT2D eigenvalue weighted by Crippen LogP contribution is -2.59. The largest absolute Gasteiger partial charge is 0.349 e. The molecule has 0 saturated heterocycles. The molecule has 0 saturated carbocycles. The fourth-order valence-electron chi connectivity index (χ4n) is 7.49. The van der Waals surface area contributed by atoms with E-state index in [2.05, 4.69) is 154 Å². The van der Waals surface area contributed by atoms with Crippen molar-refractivity contribution >= 4 is 39.9 Å². The number of hydrogen-bond donors (Lipinski definition) is 0. The first-order chi connectivity index (χ1) is 20.7. The number of benzene rings is 4. The fraction of sp³-hybridized carbons (Fsp3) is 0.167. The van der Waals surface area contributed by atoms with Gasteiger partial charge in [0.15, 0.2) is 5.82 Å². The molecule has 5 aromatic rings. The Kier molecular flexibility index (Phi) is 5.57. The highest BCUT2D eigenvalue weighted by Crippen LogP contribution is 2.59. The molecule has 0 fully saturated rings. The van der Waals surface area contributed by atoms with E-state index >= 15 is 0 Å². The Morgan fingerprint density at radius 3 is 2.05 bits per heavy atom. The molecule has 0 aliphatic carbocycles. The van der Waals surface area contributed by atoms with Gasteiger partial charge in [-0.15, -0.1) is 6.58 Å². The summed E-state index contributed by atoms with van der Waals surface area (Å²) in [6.07, 6.45) is 5.67. The lowest BCUT2D eigenvalue weighted by atomic mass is 9.76. The summed E-state index contributed by atoms with van der Waals surface area (Å²) < 4.78 is 0. The molecule has 4 aromatic carbocycles. The normalized spacial score (nSPS) is 22.0. The second-order valence-electron chi connectivity index (χ2n) is 11.3. The van der Waals surface area contributed by atoms with Crippen molar-refractivity contribution in [3.63, 3.8) is 0 Å². The van der Waals surface area contributed by atoms with E-state index in [0.29, 0.717) is 0 Å². The van der Waals surface area contributed by atoms with E-state index < -0.39 is 0 Å². The lowest BCUT2D eigenvalue weighted by molar-refractivity contribution is 0.315. The molecule has 4 atom stereocenters. The van der Waals surface area contributed by atoms with Gasteiger partial charge in [0.1, 0.15) is 24.3 Å². The number of rotatable bonds is 4. The summed E-state index contributed by atoms with van der Waals surface area (Å²) in [5.41, 5.74) is 9.49. The Labute approximate surface area is 246 Å². The number of anilines is 7. The van der Waals surface area contributed by atoms with Gasteiger partial charge < -0.3 is 19.6 Å². The fourth-order valence-corrected chi connectivity index (χ4v) is 7.49. The topological polar surface area (TPSA) is 38.7 Å². The van der Waals surface area contributed by atoms with Crippen molar-refractivity contribution in [1.82, 2.24) is 9.97 Å². The van der Waals surface area contributed by atoms with E-state index in [1.165, 1.54) is 33.9 Å². The second kappa shape index (κ2) is 9.48. The zero-order valence-corrected chi connectivity index (χ0v) is 23.7. The Morgan fingerprint density at radius 2 is 1.31 bits per heavy atom. The lowest BCUT2D eigenvalue weighted by Gasteiger charge is -2.51. The molecular weight excluding hydrogens is 516 g/mol. The van der Waals surface area contributed by atoms with Crippen LogP contribution in [-0.2, 0) is 0 Å². The number of aromatic nitrogens is 2. The molecule has 0 spiro atoms. The van der Waals surface area contributed by atoms with E-state index in [-0.39, 0.29) is 24.2 Å². The number of hydrogen-bond acceptors (Lipinski definition) is 6. The Hall–Kier alpha value is -5.10. The highest BCUT2D eigenvalue weighted by Gasteiger charge is 2.56. The third-order valence-electron chi connectivity index (χ3n) is 9.19. The third-order valence-corrected chi connectivity index (χ3v) is 9.19. The molecule has 0 amide bonds. The van der Waals surface area contributed by atoms with Crippen LogP contribution in [0.2, 0.25) is 0 Å². The van der Waals surface area contributed by atoms with Crippen molar-refractivity contribution in [2.24, 2.45) is 5.92 Å². The first-order valence-electron chi connectivity index (χ1n) is 14.5. The predicted molar refractivity (Wildman–Crippen MR) is 171 cm³/mol. The van der Waals surface area contributed by atoms with Crippen molar-refractivity contribution in [1.29, 1.82) is 0 Å².